The normalized spacial score (nSPS) is 14.4. The lowest BCUT2D eigenvalue weighted by atomic mass is 9.98. The predicted octanol–water partition coefficient (Wildman–Crippen LogP) is 0.767. The van der Waals surface area contributed by atoms with Crippen molar-refractivity contribution in [3.63, 3.8) is 0 Å². The van der Waals surface area contributed by atoms with Crippen LogP contribution in [-0.4, -0.2) is 61.9 Å². The van der Waals surface area contributed by atoms with E-state index in [1.165, 1.54) is 23.5 Å². The minimum Gasteiger partial charge on any atom is -0.619 e. The predicted molar refractivity (Wildman–Crippen MR) is 118 cm³/mol. The summed E-state index contributed by atoms with van der Waals surface area (Å²) < 4.78 is 6.70. The average molecular weight is 429 g/mol. The number of nitrogens with one attached hydrogen (secondary N) is 2. The van der Waals surface area contributed by atoms with E-state index in [9.17, 15) is 15.1 Å². The van der Waals surface area contributed by atoms with E-state index in [4.69, 9.17) is 4.74 Å². The smallest absolute Gasteiger partial charge is 0.257 e. The Kier molecular flexibility index (Phi) is 8.63. The summed E-state index contributed by atoms with van der Waals surface area (Å²) in [6, 6.07) is 7.18. The highest BCUT2D eigenvalue weighted by molar-refractivity contribution is 5.93. The number of hydrogen-bond donors (Lipinski definition) is 3. The maximum absolute atomic E-state index is 12.1. The van der Waals surface area contributed by atoms with E-state index < -0.39 is 0 Å². The minimum atomic E-state index is -0.270. The second kappa shape index (κ2) is 11.6. The molecule has 0 radical (unpaired) electrons. The summed E-state index contributed by atoms with van der Waals surface area (Å²) in [6.45, 7) is 7.95. The lowest BCUT2D eigenvalue weighted by Crippen LogP contribution is -2.43. The lowest BCUT2D eigenvalue weighted by Gasteiger charge is -2.29. The maximum atomic E-state index is 12.1. The quantitative estimate of drug-likeness (QED) is 0.294. The highest BCUT2D eigenvalue weighted by Crippen LogP contribution is 2.27. The van der Waals surface area contributed by atoms with Crippen molar-refractivity contribution in [3.8, 4) is 5.75 Å². The van der Waals surface area contributed by atoms with Crippen LogP contribution in [0.25, 0.3) is 0 Å². The molecule has 8 nitrogen and oxygen atoms in total. The number of carbonyl (C=O) groups excluding carboxylic acids is 1. The summed E-state index contributed by atoms with van der Waals surface area (Å²) in [5.74, 6) is 0.591. The first-order valence-electron chi connectivity index (χ1n) is 10.8. The van der Waals surface area contributed by atoms with Gasteiger partial charge in [-0.2, -0.15) is 4.73 Å². The highest BCUT2D eigenvalue weighted by Gasteiger charge is 2.17. The standard InChI is InChI=1S/C23H32N4O4/c1-18-19(7-14-28)5-6-22(21(18)17-26-12-9-24-10-13-26)31-15-3-8-25-23(29)20-4-2-11-27(30)16-20/h2,4-6,11,16,24,28H,3,7-10,12-15,17H2,1H3,(H,25,29). The molecule has 2 heterocycles. The molecule has 0 bridgehead atoms. The number of ether oxygens (including phenoxy) is 1. The molecule has 1 aliphatic heterocycles. The van der Waals surface area contributed by atoms with Crippen LogP contribution in [0.3, 0.4) is 0 Å². The van der Waals surface area contributed by atoms with Gasteiger partial charge in [-0.25, -0.2) is 0 Å². The van der Waals surface area contributed by atoms with Crippen LogP contribution in [0, 0.1) is 12.1 Å². The Bertz CT molecular complexity index is 869. The fraction of sp³-hybridized carbons (Fsp3) is 0.478. The molecule has 1 amide bonds. The van der Waals surface area contributed by atoms with Crippen LogP contribution in [-0.2, 0) is 13.0 Å². The minimum absolute atomic E-state index is 0.127. The van der Waals surface area contributed by atoms with Gasteiger partial charge < -0.3 is 25.7 Å². The third-order valence-electron chi connectivity index (χ3n) is 5.54. The van der Waals surface area contributed by atoms with Crippen LogP contribution in [0.1, 0.15) is 33.5 Å². The molecule has 1 aliphatic rings. The summed E-state index contributed by atoms with van der Waals surface area (Å²) >= 11 is 0. The number of benzene rings is 1. The number of pyridine rings is 1. The van der Waals surface area contributed by atoms with E-state index in [-0.39, 0.29) is 12.5 Å². The summed E-state index contributed by atoms with van der Waals surface area (Å²) in [7, 11) is 0. The van der Waals surface area contributed by atoms with Gasteiger partial charge in [0.05, 0.1) is 6.61 Å². The van der Waals surface area contributed by atoms with Gasteiger partial charge >= 0.3 is 0 Å². The van der Waals surface area contributed by atoms with Gasteiger partial charge in [-0.15, -0.1) is 0 Å². The molecule has 0 aliphatic carbocycles. The number of nitrogens with zero attached hydrogens (tertiary/aromatic N) is 2. The molecule has 0 saturated carbocycles. The Morgan fingerprint density at radius 2 is 2.13 bits per heavy atom. The fourth-order valence-electron chi connectivity index (χ4n) is 3.74. The van der Waals surface area contributed by atoms with Gasteiger partial charge in [-0.05, 0) is 43.0 Å². The largest absolute Gasteiger partial charge is 0.619 e. The third kappa shape index (κ3) is 6.65. The van der Waals surface area contributed by atoms with Gasteiger partial charge in [-0.1, -0.05) is 6.07 Å². The number of carbonyl (C=O) groups is 1. The molecule has 1 saturated heterocycles. The monoisotopic (exact) mass is 428 g/mol. The van der Waals surface area contributed by atoms with Gasteiger partial charge in [0, 0.05) is 57.5 Å². The summed E-state index contributed by atoms with van der Waals surface area (Å²) in [6.07, 6.45) is 3.89. The first-order chi connectivity index (χ1) is 15.1. The van der Waals surface area contributed by atoms with E-state index in [0.717, 1.165) is 44.0 Å². The molecule has 0 spiro atoms. The highest BCUT2D eigenvalue weighted by atomic mass is 16.5. The van der Waals surface area contributed by atoms with Crippen LogP contribution in [0.4, 0.5) is 0 Å². The number of hydrogen-bond acceptors (Lipinski definition) is 6. The van der Waals surface area contributed by atoms with E-state index in [0.29, 0.717) is 36.3 Å². The van der Waals surface area contributed by atoms with Gasteiger partial charge in [0.25, 0.3) is 5.91 Å². The molecule has 1 fully saturated rings. The molecule has 2 aromatic rings. The van der Waals surface area contributed by atoms with E-state index in [1.54, 1.807) is 12.1 Å². The number of amides is 1. The van der Waals surface area contributed by atoms with Crippen molar-refractivity contribution in [2.45, 2.75) is 26.3 Å². The zero-order valence-corrected chi connectivity index (χ0v) is 18.1. The number of piperazine rings is 1. The fourth-order valence-corrected chi connectivity index (χ4v) is 3.74. The van der Waals surface area contributed by atoms with E-state index in [2.05, 4.69) is 22.5 Å². The van der Waals surface area contributed by atoms with Crippen LogP contribution in [0.15, 0.2) is 36.7 Å². The molecule has 0 unspecified atom stereocenters. The molecule has 1 aromatic heterocycles. The Labute approximate surface area is 183 Å². The van der Waals surface area contributed by atoms with E-state index in [1.807, 2.05) is 12.1 Å². The van der Waals surface area contributed by atoms with Crippen LogP contribution >= 0.6 is 0 Å². The zero-order valence-electron chi connectivity index (χ0n) is 18.1. The second-order valence-electron chi connectivity index (χ2n) is 7.74. The van der Waals surface area contributed by atoms with Gasteiger partial charge in [0.1, 0.15) is 11.3 Å². The van der Waals surface area contributed by atoms with Crippen LogP contribution in [0.2, 0.25) is 0 Å². The molecule has 168 valence electrons. The molecular weight excluding hydrogens is 396 g/mol. The van der Waals surface area contributed by atoms with Crippen molar-refractivity contribution in [3.05, 3.63) is 64.1 Å². The Morgan fingerprint density at radius 1 is 1.32 bits per heavy atom. The van der Waals surface area contributed by atoms with Crippen molar-refractivity contribution >= 4 is 5.91 Å². The lowest BCUT2D eigenvalue weighted by molar-refractivity contribution is -0.605. The molecule has 3 rings (SSSR count). The Morgan fingerprint density at radius 3 is 2.87 bits per heavy atom. The summed E-state index contributed by atoms with van der Waals surface area (Å²) in [4.78, 5) is 14.5. The van der Waals surface area contributed by atoms with Gasteiger partial charge in [-0.3, -0.25) is 9.69 Å². The van der Waals surface area contributed by atoms with Crippen LogP contribution < -0.4 is 20.1 Å². The molecule has 8 heteroatoms. The molecule has 0 atom stereocenters. The number of aliphatic hydroxyl groups excluding tert-OH is 1. The zero-order chi connectivity index (χ0) is 22.1. The molecule has 31 heavy (non-hydrogen) atoms. The Balaban J connectivity index is 1.55. The van der Waals surface area contributed by atoms with E-state index >= 15 is 0 Å². The van der Waals surface area contributed by atoms with Gasteiger partial charge in [0.2, 0.25) is 0 Å². The second-order valence-corrected chi connectivity index (χ2v) is 7.74. The van der Waals surface area contributed by atoms with Crippen molar-refractivity contribution < 1.29 is 19.4 Å². The molecular formula is C23H32N4O4. The van der Waals surface area contributed by atoms with Crippen molar-refractivity contribution in [1.29, 1.82) is 0 Å². The summed E-state index contributed by atoms with van der Waals surface area (Å²) in [5.41, 5.74) is 3.83. The average Bonchev–Trinajstić information content (AvgIpc) is 2.78. The topological polar surface area (TPSA) is 101 Å². The Hall–Kier alpha value is -2.68. The van der Waals surface area contributed by atoms with Crippen molar-refractivity contribution in [2.75, 3.05) is 45.9 Å². The number of aromatic nitrogens is 1. The van der Waals surface area contributed by atoms with Crippen molar-refractivity contribution in [1.82, 2.24) is 15.5 Å². The molecule has 3 N–H and O–H groups in total. The third-order valence-corrected chi connectivity index (χ3v) is 5.54. The maximum Gasteiger partial charge on any atom is 0.257 e. The summed E-state index contributed by atoms with van der Waals surface area (Å²) in [5, 5.41) is 26.8. The van der Waals surface area contributed by atoms with Gasteiger partial charge in [0.15, 0.2) is 12.4 Å². The SMILES string of the molecule is Cc1c(CCO)ccc(OCCCNC(=O)c2ccc[n+]([O-])c2)c1CN1CCNCC1. The number of aliphatic hydroxyl groups is 1. The first kappa shape index (κ1) is 23.0. The first-order valence-corrected chi connectivity index (χ1v) is 10.8. The van der Waals surface area contributed by atoms with Crippen molar-refractivity contribution in [2.24, 2.45) is 0 Å². The van der Waals surface area contributed by atoms with Crippen LogP contribution in [0.5, 0.6) is 5.75 Å². The molecule has 1 aromatic carbocycles. The number of rotatable bonds is 10.